The zero-order valence-electron chi connectivity index (χ0n) is 12.5. The Morgan fingerprint density at radius 1 is 1.05 bits per heavy atom. The lowest BCUT2D eigenvalue weighted by atomic mass is 9.94. The van der Waals surface area contributed by atoms with Crippen molar-refractivity contribution in [3.63, 3.8) is 0 Å². The first-order valence-corrected chi connectivity index (χ1v) is 7.92. The van der Waals surface area contributed by atoms with E-state index in [9.17, 15) is 4.79 Å². The quantitative estimate of drug-likeness (QED) is 0.927. The molecule has 116 valence electrons. The van der Waals surface area contributed by atoms with Crippen molar-refractivity contribution in [2.24, 2.45) is 0 Å². The molecule has 1 N–H and O–H groups in total. The van der Waals surface area contributed by atoms with Crippen LogP contribution in [0, 0.1) is 0 Å². The van der Waals surface area contributed by atoms with Crippen molar-refractivity contribution >= 4 is 18.3 Å². The lowest BCUT2D eigenvalue weighted by Gasteiger charge is -2.31. The highest BCUT2D eigenvalue weighted by Crippen LogP contribution is 2.26. The van der Waals surface area contributed by atoms with E-state index in [4.69, 9.17) is 0 Å². The van der Waals surface area contributed by atoms with Crippen molar-refractivity contribution in [3.05, 3.63) is 35.9 Å². The van der Waals surface area contributed by atoms with Crippen LogP contribution in [0.2, 0.25) is 0 Å². The van der Waals surface area contributed by atoms with Gasteiger partial charge in [0, 0.05) is 19.1 Å². The van der Waals surface area contributed by atoms with Gasteiger partial charge in [0.1, 0.15) is 0 Å². The Labute approximate surface area is 133 Å². The van der Waals surface area contributed by atoms with Gasteiger partial charge in [-0.25, -0.2) is 0 Å². The highest BCUT2D eigenvalue weighted by Gasteiger charge is 2.35. The van der Waals surface area contributed by atoms with E-state index in [1.54, 1.807) is 0 Å². The highest BCUT2D eigenvalue weighted by molar-refractivity contribution is 5.85. The Kier molecular flexibility index (Phi) is 6.07. The standard InChI is InChI=1S/C17H24N2O.ClH/c20-17-16(18-13-14-7-3-1-4-8-14)11-12-19(17)15-9-5-2-6-10-15;/h1,3-4,7-8,15-16,18H,2,5-6,9-13H2;1H. The molecule has 1 amide bonds. The average molecular weight is 309 g/mol. The summed E-state index contributed by atoms with van der Waals surface area (Å²) in [6.07, 6.45) is 7.29. The monoisotopic (exact) mass is 308 g/mol. The minimum Gasteiger partial charge on any atom is -0.338 e. The van der Waals surface area contributed by atoms with E-state index < -0.39 is 0 Å². The normalized spacial score (nSPS) is 23.1. The van der Waals surface area contributed by atoms with Crippen LogP contribution in [0.1, 0.15) is 44.1 Å². The van der Waals surface area contributed by atoms with Crippen LogP contribution in [-0.4, -0.2) is 29.4 Å². The van der Waals surface area contributed by atoms with Gasteiger partial charge in [-0.05, 0) is 24.8 Å². The first kappa shape index (κ1) is 16.3. The first-order chi connectivity index (χ1) is 9.84. The number of halogens is 1. The van der Waals surface area contributed by atoms with E-state index in [2.05, 4.69) is 22.3 Å². The predicted molar refractivity (Wildman–Crippen MR) is 87.5 cm³/mol. The van der Waals surface area contributed by atoms with Gasteiger partial charge in [0.15, 0.2) is 0 Å². The van der Waals surface area contributed by atoms with Crippen LogP contribution in [0.5, 0.6) is 0 Å². The van der Waals surface area contributed by atoms with E-state index in [0.29, 0.717) is 11.9 Å². The summed E-state index contributed by atoms with van der Waals surface area (Å²) in [5.74, 6) is 0.327. The van der Waals surface area contributed by atoms with E-state index in [-0.39, 0.29) is 18.4 Å². The summed E-state index contributed by atoms with van der Waals surface area (Å²) in [6, 6.07) is 10.9. The molecular formula is C17H25ClN2O. The fourth-order valence-electron chi connectivity index (χ4n) is 3.48. The van der Waals surface area contributed by atoms with Gasteiger partial charge in [-0.15, -0.1) is 12.4 Å². The maximum Gasteiger partial charge on any atom is 0.240 e. The molecule has 0 spiro atoms. The van der Waals surface area contributed by atoms with E-state index in [1.165, 1.54) is 37.7 Å². The fraction of sp³-hybridized carbons (Fsp3) is 0.588. The lowest BCUT2D eigenvalue weighted by Crippen LogP contribution is -2.43. The number of hydrogen-bond acceptors (Lipinski definition) is 2. The minimum atomic E-state index is 0. The molecular weight excluding hydrogens is 284 g/mol. The second kappa shape index (κ2) is 7.81. The number of carbonyl (C=O) groups is 1. The van der Waals surface area contributed by atoms with Gasteiger partial charge in [0.05, 0.1) is 6.04 Å². The maximum absolute atomic E-state index is 12.5. The number of amides is 1. The summed E-state index contributed by atoms with van der Waals surface area (Å²) >= 11 is 0. The van der Waals surface area contributed by atoms with Crippen LogP contribution < -0.4 is 5.32 Å². The molecule has 1 aromatic rings. The van der Waals surface area contributed by atoms with Crippen molar-refractivity contribution in [3.8, 4) is 0 Å². The number of hydrogen-bond donors (Lipinski definition) is 1. The van der Waals surface area contributed by atoms with Crippen LogP contribution in [0.15, 0.2) is 30.3 Å². The van der Waals surface area contributed by atoms with Gasteiger partial charge in [-0.1, -0.05) is 49.6 Å². The molecule has 0 aromatic heterocycles. The molecule has 3 nitrogen and oxygen atoms in total. The molecule has 2 fully saturated rings. The molecule has 1 saturated heterocycles. The Morgan fingerprint density at radius 2 is 1.76 bits per heavy atom. The molecule has 1 aliphatic carbocycles. The predicted octanol–water partition coefficient (Wildman–Crippen LogP) is 3.13. The van der Waals surface area contributed by atoms with Gasteiger partial charge in [-0.3, -0.25) is 4.79 Å². The highest BCUT2D eigenvalue weighted by atomic mass is 35.5. The van der Waals surface area contributed by atoms with Crippen LogP contribution in [-0.2, 0) is 11.3 Å². The Morgan fingerprint density at radius 3 is 2.48 bits per heavy atom. The molecule has 1 saturated carbocycles. The number of likely N-dealkylation sites (tertiary alicyclic amines) is 1. The van der Waals surface area contributed by atoms with Gasteiger partial charge < -0.3 is 10.2 Å². The van der Waals surface area contributed by atoms with Crippen molar-refractivity contribution in [1.29, 1.82) is 0 Å². The molecule has 4 heteroatoms. The summed E-state index contributed by atoms with van der Waals surface area (Å²) < 4.78 is 0. The molecule has 2 aliphatic rings. The third-order valence-electron chi connectivity index (χ3n) is 4.65. The third kappa shape index (κ3) is 3.98. The summed E-state index contributed by atoms with van der Waals surface area (Å²) in [7, 11) is 0. The molecule has 3 rings (SSSR count). The Hall–Kier alpha value is -1.06. The number of carbonyl (C=O) groups excluding carboxylic acids is 1. The van der Waals surface area contributed by atoms with E-state index in [1.807, 2.05) is 18.2 Å². The third-order valence-corrected chi connectivity index (χ3v) is 4.65. The minimum absolute atomic E-state index is 0. The van der Waals surface area contributed by atoms with Crippen LogP contribution >= 0.6 is 12.4 Å². The van der Waals surface area contributed by atoms with Crippen molar-refractivity contribution in [1.82, 2.24) is 10.2 Å². The SMILES string of the molecule is Cl.O=C1C(NCc2ccccc2)CCN1C1CCCCC1. The second-order valence-corrected chi connectivity index (χ2v) is 6.03. The summed E-state index contributed by atoms with van der Waals surface area (Å²) in [5, 5.41) is 3.43. The van der Waals surface area contributed by atoms with Gasteiger partial charge in [0.2, 0.25) is 5.91 Å². The van der Waals surface area contributed by atoms with Crippen molar-refractivity contribution in [2.75, 3.05) is 6.54 Å². The van der Waals surface area contributed by atoms with Crippen molar-refractivity contribution in [2.45, 2.75) is 57.2 Å². The van der Waals surface area contributed by atoms with Crippen molar-refractivity contribution < 1.29 is 4.79 Å². The van der Waals surface area contributed by atoms with Gasteiger partial charge in [0.25, 0.3) is 0 Å². The largest absolute Gasteiger partial charge is 0.338 e. The maximum atomic E-state index is 12.5. The summed E-state index contributed by atoms with van der Waals surface area (Å²) in [4.78, 5) is 14.6. The zero-order chi connectivity index (χ0) is 13.8. The molecule has 0 bridgehead atoms. The first-order valence-electron chi connectivity index (χ1n) is 7.92. The van der Waals surface area contributed by atoms with Gasteiger partial charge >= 0.3 is 0 Å². The molecule has 1 heterocycles. The lowest BCUT2D eigenvalue weighted by molar-refractivity contribution is -0.131. The van der Waals surface area contributed by atoms with Crippen LogP contribution in [0.3, 0.4) is 0 Å². The molecule has 1 unspecified atom stereocenters. The Bertz CT molecular complexity index is 445. The zero-order valence-corrected chi connectivity index (χ0v) is 13.3. The second-order valence-electron chi connectivity index (χ2n) is 6.03. The summed E-state index contributed by atoms with van der Waals surface area (Å²) in [6.45, 7) is 1.73. The molecule has 1 aromatic carbocycles. The smallest absolute Gasteiger partial charge is 0.240 e. The Balaban J connectivity index is 0.00000161. The van der Waals surface area contributed by atoms with Crippen LogP contribution in [0.25, 0.3) is 0 Å². The fourth-order valence-corrected chi connectivity index (χ4v) is 3.48. The molecule has 0 radical (unpaired) electrons. The molecule has 1 aliphatic heterocycles. The number of nitrogens with one attached hydrogen (secondary N) is 1. The number of rotatable bonds is 4. The average Bonchev–Trinajstić information content (AvgIpc) is 2.88. The van der Waals surface area contributed by atoms with E-state index >= 15 is 0 Å². The topological polar surface area (TPSA) is 32.3 Å². The summed E-state index contributed by atoms with van der Waals surface area (Å²) in [5.41, 5.74) is 1.25. The molecule has 1 atom stereocenters. The number of nitrogens with zero attached hydrogens (tertiary/aromatic N) is 1. The number of benzene rings is 1. The van der Waals surface area contributed by atoms with E-state index in [0.717, 1.165) is 19.5 Å². The van der Waals surface area contributed by atoms with Gasteiger partial charge in [-0.2, -0.15) is 0 Å². The van der Waals surface area contributed by atoms with Crippen LogP contribution in [0.4, 0.5) is 0 Å². The molecule has 21 heavy (non-hydrogen) atoms.